The fraction of sp³-hybridized carbons (Fsp3) is 0.0545. The van der Waals surface area contributed by atoms with Crippen LogP contribution in [0.5, 0.6) is 0 Å². The summed E-state index contributed by atoms with van der Waals surface area (Å²) >= 11 is 0. The van der Waals surface area contributed by atoms with E-state index in [-0.39, 0.29) is 5.41 Å². The second kappa shape index (κ2) is 12.3. The highest BCUT2D eigenvalue weighted by molar-refractivity contribution is 6.17. The maximum atomic E-state index is 6.56. The molecule has 0 saturated heterocycles. The highest BCUT2D eigenvalue weighted by Gasteiger charge is 2.36. The largest absolute Gasteiger partial charge is 0.456 e. The van der Waals surface area contributed by atoms with Gasteiger partial charge in [0.1, 0.15) is 11.2 Å². The second-order valence-electron chi connectivity index (χ2n) is 16.1. The van der Waals surface area contributed by atoms with E-state index >= 15 is 0 Å². The van der Waals surface area contributed by atoms with E-state index in [2.05, 4.69) is 211 Å². The Kier molecular flexibility index (Phi) is 6.98. The topological polar surface area (TPSA) is 23.0 Å². The number of benzene rings is 8. The smallest absolute Gasteiger partial charge is 0.137 e. The predicted octanol–water partition coefficient (Wildman–Crippen LogP) is 14.8. The van der Waals surface area contributed by atoms with Crippen molar-refractivity contribution in [1.29, 1.82) is 0 Å². The van der Waals surface area contributed by atoms with Gasteiger partial charge in [0.05, 0.1) is 22.4 Å². The summed E-state index contributed by atoms with van der Waals surface area (Å²) < 4.78 is 11.5. The van der Waals surface area contributed by atoms with Gasteiger partial charge in [-0.2, -0.15) is 0 Å². The van der Waals surface area contributed by atoms with Crippen molar-refractivity contribution in [3.05, 3.63) is 205 Å². The molecule has 0 unspecified atom stereocenters. The van der Waals surface area contributed by atoms with E-state index in [1.807, 2.05) is 6.07 Å². The molecule has 0 amide bonds. The summed E-state index contributed by atoms with van der Waals surface area (Å²) in [6.45, 7) is 4.74. The zero-order valence-electron chi connectivity index (χ0n) is 32.3. The number of para-hydroxylation sites is 4. The van der Waals surface area contributed by atoms with Crippen LogP contribution < -0.4 is 0 Å². The molecule has 1 aliphatic carbocycles. The van der Waals surface area contributed by atoms with Gasteiger partial charge < -0.3 is 13.6 Å². The summed E-state index contributed by atoms with van der Waals surface area (Å²) in [4.78, 5) is 0. The van der Waals surface area contributed by atoms with E-state index in [0.717, 1.165) is 50.1 Å². The monoisotopic (exact) mass is 742 g/mol. The molecule has 0 bridgehead atoms. The average molecular weight is 743 g/mol. The number of furan rings is 1. The van der Waals surface area contributed by atoms with Gasteiger partial charge in [0.2, 0.25) is 0 Å². The normalized spacial score (nSPS) is 13.1. The maximum absolute atomic E-state index is 6.56. The van der Waals surface area contributed by atoms with Crippen LogP contribution in [0, 0.1) is 0 Å². The average Bonchev–Trinajstić information content (AvgIpc) is 3.99. The Hall–Kier alpha value is -7.36. The molecule has 274 valence electrons. The van der Waals surface area contributed by atoms with Crippen molar-refractivity contribution in [2.75, 3.05) is 0 Å². The lowest BCUT2D eigenvalue weighted by Gasteiger charge is -2.22. The Morgan fingerprint density at radius 3 is 1.67 bits per heavy atom. The van der Waals surface area contributed by atoms with Gasteiger partial charge in [-0.3, -0.25) is 0 Å². The molecule has 1 aliphatic rings. The number of fused-ring (bicyclic) bond motifs is 8. The number of nitrogens with zero attached hydrogens (tertiary/aromatic N) is 2. The van der Waals surface area contributed by atoms with Gasteiger partial charge in [0.25, 0.3) is 0 Å². The molecule has 12 rings (SSSR count). The molecular formula is C55H38N2O. The first-order valence-electron chi connectivity index (χ1n) is 20.1. The molecule has 0 saturated carbocycles. The fourth-order valence-corrected chi connectivity index (χ4v) is 9.95. The Bertz CT molecular complexity index is 3410. The molecule has 3 heteroatoms. The molecule has 0 atom stereocenters. The Morgan fingerprint density at radius 2 is 0.931 bits per heavy atom. The van der Waals surface area contributed by atoms with Crippen LogP contribution in [-0.4, -0.2) is 9.13 Å². The van der Waals surface area contributed by atoms with Crippen molar-refractivity contribution in [2.45, 2.75) is 19.3 Å². The van der Waals surface area contributed by atoms with Crippen molar-refractivity contribution >= 4 is 43.7 Å². The minimum absolute atomic E-state index is 0.162. The minimum Gasteiger partial charge on any atom is -0.456 e. The van der Waals surface area contributed by atoms with E-state index in [9.17, 15) is 0 Å². The predicted molar refractivity (Wildman–Crippen MR) is 241 cm³/mol. The van der Waals surface area contributed by atoms with Crippen LogP contribution in [0.2, 0.25) is 0 Å². The summed E-state index contributed by atoms with van der Waals surface area (Å²) in [5.41, 5.74) is 18.5. The lowest BCUT2D eigenvalue weighted by molar-refractivity contribution is 0.660. The SMILES string of the molecule is CC1(C)c2ccccc2-c2ccc(-c3c(-c4c(-c5ccccc5)n(-c5ccccc5)c5ccccc45)c4ccccc4n3-c3ccc4c(c3)oc3ccccc34)cc21. The molecule has 8 aromatic carbocycles. The Labute approximate surface area is 336 Å². The Balaban J connectivity index is 1.25. The van der Waals surface area contributed by atoms with Gasteiger partial charge in [-0.1, -0.05) is 153 Å². The highest BCUT2D eigenvalue weighted by Crippen LogP contribution is 2.54. The van der Waals surface area contributed by atoms with Crippen molar-refractivity contribution in [3.63, 3.8) is 0 Å². The van der Waals surface area contributed by atoms with E-state index in [1.165, 1.54) is 60.9 Å². The number of aromatic nitrogens is 2. The Morgan fingerprint density at radius 1 is 0.379 bits per heavy atom. The summed E-state index contributed by atoms with van der Waals surface area (Å²) in [5.74, 6) is 0. The summed E-state index contributed by atoms with van der Waals surface area (Å²) in [6.07, 6.45) is 0. The first kappa shape index (κ1) is 32.8. The second-order valence-corrected chi connectivity index (χ2v) is 16.1. The van der Waals surface area contributed by atoms with Crippen LogP contribution >= 0.6 is 0 Å². The van der Waals surface area contributed by atoms with Gasteiger partial charge in [0, 0.05) is 55.5 Å². The van der Waals surface area contributed by atoms with Crippen LogP contribution in [0.3, 0.4) is 0 Å². The lowest BCUT2D eigenvalue weighted by atomic mass is 9.81. The minimum atomic E-state index is -0.162. The molecule has 3 aromatic heterocycles. The molecule has 3 nitrogen and oxygen atoms in total. The van der Waals surface area contributed by atoms with Crippen molar-refractivity contribution in [3.8, 4) is 56.1 Å². The van der Waals surface area contributed by atoms with Crippen molar-refractivity contribution < 1.29 is 4.42 Å². The van der Waals surface area contributed by atoms with Crippen LogP contribution in [0.15, 0.2) is 199 Å². The van der Waals surface area contributed by atoms with Crippen LogP contribution in [-0.2, 0) is 5.41 Å². The molecule has 0 spiro atoms. The summed E-state index contributed by atoms with van der Waals surface area (Å²) in [6, 6.07) is 70.7. The van der Waals surface area contributed by atoms with Crippen molar-refractivity contribution in [1.82, 2.24) is 9.13 Å². The van der Waals surface area contributed by atoms with E-state index in [4.69, 9.17) is 4.42 Å². The molecule has 0 N–H and O–H groups in total. The van der Waals surface area contributed by atoms with Crippen LogP contribution in [0.1, 0.15) is 25.0 Å². The summed E-state index contributed by atoms with van der Waals surface area (Å²) in [7, 11) is 0. The van der Waals surface area contributed by atoms with Gasteiger partial charge in [-0.15, -0.1) is 0 Å². The van der Waals surface area contributed by atoms with Gasteiger partial charge in [-0.05, 0) is 81.9 Å². The third-order valence-electron chi connectivity index (χ3n) is 12.5. The van der Waals surface area contributed by atoms with Gasteiger partial charge in [0.15, 0.2) is 0 Å². The third kappa shape index (κ3) is 4.62. The van der Waals surface area contributed by atoms with E-state index in [1.54, 1.807) is 0 Å². The number of hydrogen-bond donors (Lipinski definition) is 0. The van der Waals surface area contributed by atoms with Crippen LogP contribution in [0.25, 0.3) is 99.9 Å². The zero-order valence-corrected chi connectivity index (χ0v) is 32.3. The third-order valence-corrected chi connectivity index (χ3v) is 12.5. The first-order chi connectivity index (χ1) is 28.6. The van der Waals surface area contributed by atoms with Gasteiger partial charge >= 0.3 is 0 Å². The molecule has 0 fully saturated rings. The molecule has 58 heavy (non-hydrogen) atoms. The molecular weight excluding hydrogens is 705 g/mol. The van der Waals surface area contributed by atoms with Crippen molar-refractivity contribution in [2.24, 2.45) is 0 Å². The standard InChI is InChI=1S/C55H38N2O/c1-55(2)45-25-13-9-21-39(45)40-31-29-36(33-46(40)55)54-52(44-24-11-15-27-48(44)57(54)38-30-32-42-41-22-12-16-28-49(41)58-50(42)34-38)51-43-23-10-14-26-47(43)56(37-19-7-4-8-20-37)53(51)35-17-5-3-6-18-35/h3-34H,1-2H3. The zero-order chi connectivity index (χ0) is 38.5. The fourth-order valence-electron chi connectivity index (χ4n) is 9.95. The molecule has 3 heterocycles. The number of rotatable bonds is 5. The maximum Gasteiger partial charge on any atom is 0.137 e. The van der Waals surface area contributed by atoms with E-state index in [0.29, 0.717) is 0 Å². The first-order valence-corrected chi connectivity index (χ1v) is 20.1. The van der Waals surface area contributed by atoms with Crippen LogP contribution in [0.4, 0.5) is 0 Å². The molecule has 0 aliphatic heterocycles. The molecule has 0 radical (unpaired) electrons. The quantitative estimate of drug-likeness (QED) is 0.172. The molecule has 11 aromatic rings. The van der Waals surface area contributed by atoms with E-state index < -0.39 is 0 Å². The number of hydrogen-bond acceptors (Lipinski definition) is 1. The highest BCUT2D eigenvalue weighted by atomic mass is 16.3. The lowest BCUT2D eigenvalue weighted by Crippen LogP contribution is -2.15. The van der Waals surface area contributed by atoms with Gasteiger partial charge in [-0.25, -0.2) is 0 Å². The summed E-state index contributed by atoms with van der Waals surface area (Å²) in [5, 5.41) is 4.64.